The van der Waals surface area contributed by atoms with Gasteiger partial charge in [0.1, 0.15) is 0 Å². The summed E-state index contributed by atoms with van der Waals surface area (Å²) < 4.78 is 0. The maximum Gasteiger partial charge on any atom is 0.0101 e. The molecule has 3 aliphatic rings. The van der Waals surface area contributed by atoms with Crippen molar-refractivity contribution >= 4 is 11.8 Å². The van der Waals surface area contributed by atoms with E-state index >= 15 is 0 Å². The number of rotatable bonds is 4. The normalized spacial score (nSPS) is 39.3. The summed E-state index contributed by atoms with van der Waals surface area (Å²) in [5.74, 6) is 2.07. The number of hydrogen-bond acceptors (Lipinski definition) is 2. The van der Waals surface area contributed by atoms with Gasteiger partial charge in [-0.15, -0.1) is 0 Å². The number of thioether (sulfide) groups is 1. The van der Waals surface area contributed by atoms with Gasteiger partial charge in [0, 0.05) is 17.3 Å². The molecule has 3 saturated carbocycles. The topological polar surface area (TPSA) is 12.0 Å². The zero-order valence-corrected chi connectivity index (χ0v) is 14.8. The second kappa shape index (κ2) is 8.24. The summed E-state index contributed by atoms with van der Waals surface area (Å²) in [6.45, 7) is 0. The first-order chi connectivity index (χ1) is 10.4. The fourth-order valence-corrected chi connectivity index (χ4v) is 6.00. The van der Waals surface area contributed by atoms with E-state index in [0.29, 0.717) is 0 Å². The minimum absolute atomic E-state index is 0.836. The smallest absolute Gasteiger partial charge is 0.0101 e. The minimum atomic E-state index is 0.836. The third-order valence-corrected chi connectivity index (χ3v) is 7.67. The molecule has 0 saturated heterocycles. The van der Waals surface area contributed by atoms with E-state index in [9.17, 15) is 0 Å². The summed E-state index contributed by atoms with van der Waals surface area (Å²) in [4.78, 5) is 0. The maximum atomic E-state index is 4.14. The van der Waals surface area contributed by atoms with Crippen molar-refractivity contribution in [3.8, 4) is 0 Å². The van der Waals surface area contributed by atoms with Crippen LogP contribution in [0.4, 0.5) is 0 Å². The fraction of sp³-hybridized carbons (Fsp3) is 1.00. The second-order valence-electron chi connectivity index (χ2n) is 7.83. The molecule has 0 bridgehead atoms. The zero-order valence-electron chi connectivity index (χ0n) is 14.0. The van der Waals surface area contributed by atoms with Crippen LogP contribution in [0.15, 0.2) is 0 Å². The largest absolute Gasteiger partial charge is 0.311 e. The molecule has 2 heteroatoms. The summed E-state index contributed by atoms with van der Waals surface area (Å²) in [5, 5.41) is 5.09. The van der Waals surface area contributed by atoms with E-state index in [1.165, 1.54) is 83.5 Å². The monoisotopic (exact) mass is 309 g/mol. The molecule has 0 aromatic rings. The van der Waals surface area contributed by atoms with Crippen LogP contribution in [0.1, 0.15) is 83.5 Å². The van der Waals surface area contributed by atoms with Gasteiger partial charge in [-0.05, 0) is 56.6 Å². The summed E-state index contributed by atoms with van der Waals surface area (Å²) >= 11 is 2.09. The highest BCUT2D eigenvalue weighted by Gasteiger charge is 2.34. The van der Waals surface area contributed by atoms with Crippen molar-refractivity contribution in [2.45, 2.75) is 101 Å². The van der Waals surface area contributed by atoms with E-state index in [2.05, 4.69) is 23.3 Å². The third-order valence-electron chi connectivity index (χ3n) is 6.53. The van der Waals surface area contributed by atoms with E-state index < -0.39 is 0 Å². The predicted octanol–water partition coefficient (Wildman–Crippen LogP) is 5.39. The highest BCUT2D eigenvalue weighted by atomic mass is 32.2. The lowest BCUT2D eigenvalue weighted by Crippen LogP contribution is -2.48. The molecule has 3 fully saturated rings. The van der Waals surface area contributed by atoms with Crippen LogP contribution in [0, 0.1) is 11.8 Å². The van der Waals surface area contributed by atoms with E-state index in [1.54, 1.807) is 0 Å². The van der Waals surface area contributed by atoms with Crippen molar-refractivity contribution in [3.05, 3.63) is 0 Å². The van der Waals surface area contributed by atoms with Crippen molar-refractivity contribution in [2.24, 2.45) is 11.8 Å². The minimum Gasteiger partial charge on any atom is -0.311 e. The summed E-state index contributed by atoms with van der Waals surface area (Å²) in [6, 6.07) is 1.69. The van der Waals surface area contributed by atoms with Crippen molar-refractivity contribution in [1.29, 1.82) is 0 Å². The fourth-order valence-electron chi connectivity index (χ4n) is 5.26. The molecule has 0 aromatic heterocycles. The lowest BCUT2D eigenvalue weighted by atomic mass is 9.70. The van der Waals surface area contributed by atoms with Gasteiger partial charge in [-0.2, -0.15) is 11.8 Å². The van der Waals surface area contributed by atoms with Gasteiger partial charge in [0.2, 0.25) is 0 Å². The molecule has 21 heavy (non-hydrogen) atoms. The predicted molar refractivity (Wildman–Crippen MR) is 95.0 cm³/mol. The van der Waals surface area contributed by atoms with Crippen molar-refractivity contribution in [2.75, 3.05) is 6.26 Å². The lowest BCUT2D eigenvalue weighted by molar-refractivity contribution is 0.136. The first-order valence-corrected chi connectivity index (χ1v) is 10.9. The lowest BCUT2D eigenvalue weighted by Gasteiger charge is -2.42. The summed E-state index contributed by atoms with van der Waals surface area (Å²) in [7, 11) is 0. The van der Waals surface area contributed by atoms with Gasteiger partial charge >= 0.3 is 0 Å². The number of hydrogen-bond donors (Lipinski definition) is 1. The molecular formula is C19H35NS. The van der Waals surface area contributed by atoms with Crippen LogP contribution in [-0.2, 0) is 0 Å². The summed E-state index contributed by atoms with van der Waals surface area (Å²) in [5.41, 5.74) is 0. The molecule has 0 heterocycles. The molecular weight excluding hydrogens is 274 g/mol. The first kappa shape index (κ1) is 16.2. The van der Waals surface area contributed by atoms with E-state index in [-0.39, 0.29) is 0 Å². The van der Waals surface area contributed by atoms with Gasteiger partial charge in [-0.1, -0.05) is 44.9 Å². The Morgan fingerprint density at radius 1 is 0.714 bits per heavy atom. The Hall–Kier alpha value is 0.310. The zero-order chi connectivity index (χ0) is 14.5. The Kier molecular flexibility index (Phi) is 6.35. The summed E-state index contributed by atoms with van der Waals surface area (Å²) in [6.07, 6.45) is 21.6. The van der Waals surface area contributed by atoms with Crippen LogP contribution in [0.3, 0.4) is 0 Å². The average molecular weight is 310 g/mol. The molecule has 0 radical (unpaired) electrons. The van der Waals surface area contributed by atoms with Crippen molar-refractivity contribution < 1.29 is 0 Å². The molecule has 0 spiro atoms. The number of nitrogens with one attached hydrogen (secondary N) is 1. The standard InChI is InChI=1S/C19H35NS/c1-21-17-13-11-16(12-14-17)20-19-10-6-5-9-18(19)15-7-3-2-4-8-15/h15-20H,2-14H2,1H3. The Morgan fingerprint density at radius 2 is 1.38 bits per heavy atom. The van der Waals surface area contributed by atoms with E-state index in [0.717, 1.165) is 29.2 Å². The highest BCUT2D eigenvalue weighted by Crippen LogP contribution is 2.39. The molecule has 0 aromatic carbocycles. The van der Waals surface area contributed by atoms with Crippen molar-refractivity contribution in [3.63, 3.8) is 0 Å². The molecule has 2 unspecified atom stereocenters. The molecule has 0 amide bonds. The SMILES string of the molecule is CSC1CCC(NC2CCCCC2C2CCCCC2)CC1. The van der Waals surface area contributed by atoms with Crippen LogP contribution < -0.4 is 5.32 Å². The average Bonchev–Trinajstić information content (AvgIpc) is 2.57. The Bertz CT molecular complexity index is 292. The Labute approximate surface area is 136 Å². The van der Waals surface area contributed by atoms with Gasteiger partial charge in [0.15, 0.2) is 0 Å². The molecule has 0 aliphatic heterocycles. The molecule has 1 N–H and O–H groups in total. The van der Waals surface area contributed by atoms with Gasteiger partial charge in [0.05, 0.1) is 0 Å². The van der Waals surface area contributed by atoms with Crippen LogP contribution in [-0.4, -0.2) is 23.6 Å². The first-order valence-electron chi connectivity index (χ1n) is 9.65. The Balaban J connectivity index is 1.52. The quantitative estimate of drug-likeness (QED) is 0.747. The molecule has 3 rings (SSSR count). The Morgan fingerprint density at radius 3 is 2.10 bits per heavy atom. The van der Waals surface area contributed by atoms with Gasteiger partial charge < -0.3 is 5.32 Å². The second-order valence-corrected chi connectivity index (χ2v) is 8.97. The van der Waals surface area contributed by atoms with Crippen LogP contribution in [0.5, 0.6) is 0 Å². The van der Waals surface area contributed by atoms with Crippen LogP contribution in [0.25, 0.3) is 0 Å². The third kappa shape index (κ3) is 4.41. The molecule has 1 nitrogen and oxygen atoms in total. The van der Waals surface area contributed by atoms with Crippen LogP contribution >= 0.6 is 11.8 Å². The maximum absolute atomic E-state index is 4.14. The van der Waals surface area contributed by atoms with Gasteiger partial charge in [0.25, 0.3) is 0 Å². The molecule has 122 valence electrons. The highest BCUT2D eigenvalue weighted by molar-refractivity contribution is 7.99. The van der Waals surface area contributed by atoms with Crippen molar-refractivity contribution in [1.82, 2.24) is 5.32 Å². The molecule has 3 aliphatic carbocycles. The van der Waals surface area contributed by atoms with E-state index in [4.69, 9.17) is 0 Å². The van der Waals surface area contributed by atoms with Crippen LogP contribution in [0.2, 0.25) is 0 Å². The van der Waals surface area contributed by atoms with Gasteiger partial charge in [-0.25, -0.2) is 0 Å². The molecule has 2 atom stereocenters. The van der Waals surface area contributed by atoms with E-state index in [1.807, 2.05) is 0 Å². The van der Waals surface area contributed by atoms with Gasteiger partial charge in [-0.3, -0.25) is 0 Å².